The fourth-order valence-corrected chi connectivity index (χ4v) is 2.74. The molecule has 1 aliphatic rings. The average Bonchev–Trinajstić information content (AvgIpc) is 2.64. The molecule has 2 aromatic rings. The number of urea groups is 1. The van der Waals surface area contributed by atoms with Crippen LogP contribution in [-0.4, -0.2) is 47.9 Å². The molecule has 124 valence electrons. The first-order valence-corrected chi connectivity index (χ1v) is 8.17. The number of nitrogens with zero attached hydrogens (tertiary/aromatic N) is 2. The maximum absolute atomic E-state index is 12.4. The molecule has 1 N–H and O–H groups in total. The van der Waals surface area contributed by atoms with Crippen molar-refractivity contribution in [2.75, 3.05) is 31.5 Å². The van der Waals surface area contributed by atoms with E-state index in [9.17, 15) is 9.59 Å². The van der Waals surface area contributed by atoms with Crippen LogP contribution in [0, 0.1) is 0 Å². The molecule has 0 bridgehead atoms. The number of piperazine rings is 1. The summed E-state index contributed by atoms with van der Waals surface area (Å²) < 4.78 is 0. The van der Waals surface area contributed by atoms with Gasteiger partial charge in [0.15, 0.2) is 0 Å². The molecule has 3 amide bonds. The normalized spacial score (nSPS) is 14.4. The highest BCUT2D eigenvalue weighted by molar-refractivity contribution is 6.30. The van der Waals surface area contributed by atoms with Crippen molar-refractivity contribution in [3.63, 3.8) is 0 Å². The van der Waals surface area contributed by atoms with Gasteiger partial charge in [-0.2, -0.15) is 0 Å². The highest BCUT2D eigenvalue weighted by Gasteiger charge is 2.24. The molecule has 0 saturated carbocycles. The van der Waals surface area contributed by atoms with Gasteiger partial charge in [0.05, 0.1) is 0 Å². The molecule has 5 nitrogen and oxygen atoms in total. The molecule has 0 spiro atoms. The highest BCUT2D eigenvalue weighted by atomic mass is 35.5. The summed E-state index contributed by atoms with van der Waals surface area (Å²) in [6.07, 6.45) is 0. The fraction of sp³-hybridized carbons (Fsp3) is 0.222. The quantitative estimate of drug-likeness (QED) is 0.909. The van der Waals surface area contributed by atoms with Crippen molar-refractivity contribution in [1.82, 2.24) is 9.80 Å². The Bertz CT molecular complexity index is 711. The molecule has 2 aromatic carbocycles. The SMILES string of the molecule is O=C(Nc1ccc(Cl)cc1)N1CCN(C(=O)c2ccccc2)CC1. The average molecular weight is 344 g/mol. The third kappa shape index (κ3) is 3.86. The number of rotatable bonds is 2. The van der Waals surface area contributed by atoms with Crippen molar-refractivity contribution in [1.29, 1.82) is 0 Å². The summed E-state index contributed by atoms with van der Waals surface area (Å²) in [6, 6.07) is 16.0. The molecular weight excluding hydrogens is 326 g/mol. The second kappa shape index (κ2) is 7.36. The standard InChI is InChI=1S/C18H18ClN3O2/c19-15-6-8-16(9-7-15)20-18(24)22-12-10-21(11-13-22)17(23)14-4-2-1-3-5-14/h1-9H,10-13H2,(H,20,24). The van der Waals surface area contributed by atoms with E-state index in [2.05, 4.69) is 5.32 Å². The minimum Gasteiger partial charge on any atom is -0.335 e. The van der Waals surface area contributed by atoms with E-state index in [1.807, 2.05) is 30.3 Å². The molecule has 24 heavy (non-hydrogen) atoms. The number of anilines is 1. The monoisotopic (exact) mass is 343 g/mol. The van der Waals surface area contributed by atoms with Crippen molar-refractivity contribution in [3.8, 4) is 0 Å². The third-order valence-corrected chi connectivity index (χ3v) is 4.22. The number of nitrogens with one attached hydrogen (secondary N) is 1. The van der Waals surface area contributed by atoms with E-state index < -0.39 is 0 Å². The smallest absolute Gasteiger partial charge is 0.321 e. The van der Waals surface area contributed by atoms with Gasteiger partial charge in [0, 0.05) is 42.5 Å². The maximum atomic E-state index is 12.4. The Morgan fingerprint density at radius 2 is 1.42 bits per heavy atom. The molecule has 0 aromatic heterocycles. The zero-order valence-corrected chi connectivity index (χ0v) is 13.9. The van der Waals surface area contributed by atoms with Crippen LogP contribution < -0.4 is 5.32 Å². The highest BCUT2D eigenvalue weighted by Crippen LogP contribution is 2.15. The molecular formula is C18H18ClN3O2. The first-order valence-electron chi connectivity index (χ1n) is 7.79. The number of halogens is 1. The fourth-order valence-electron chi connectivity index (χ4n) is 2.61. The number of hydrogen-bond acceptors (Lipinski definition) is 2. The molecule has 1 saturated heterocycles. The Labute approximate surface area is 145 Å². The summed E-state index contributed by atoms with van der Waals surface area (Å²) in [5.74, 6) is 0.00774. The molecule has 1 heterocycles. The zero-order chi connectivity index (χ0) is 16.9. The number of carbonyl (C=O) groups is 2. The molecule has 0 unspecified atom stereocenters. The molecule has 0 atom stereocenters. The van der Waals surface area contributed by atoms with Gasteiger partial charge in [-0.05, 0) is 36.4 Å². The Morgan fingerprint density at radius 3 is 2.04 bits per heavy atom. The zero-order valence-electron chi connectivity index (χ0n) is 13.1. The van der Waals surface area contributed by atoms with Crippen LogP contribution in [0.1, 0.15) is 10.4 Å². The summed E-state index contributed by atoms with van der Waals surface area (Å²) in [5, 5.41) is 3.47. The summed E-state index contributed by atoms with van der Waals surface area (Å²) in [6.45, 7) is 2.08. The minimum absolute atomic E-state index is 0.00774. The Morgan fingerprint density at radius 1 is 0.833 bits per heavy atom. The van der Waals surface area contributed by atoms with Crippen molar-refractivity contribution in [2.45, 2.75) is 0 Å². The Kier molecular flexibility index (Phi) is 5.01. The number of benzene rings is 2. The lowest BCUT2D eigenvalue weighted by atomic mass is 10.2. The summed E-state index contributed by atoms with van der Waals surface area (Å²) in [5.41, 5.74) is 1.38. The van der Waals surface area contributed by atoms with Crippen LogP contribution in [0.2, 0.25) is 5.02 Å². The van der Waals surface area contributed by atoms with Gasteiger partial charge in [-0.25, -0.2) is 4.79 Å². The molecule has 0 aliphatic carbocycles. The number of amides is 3. The van der Waals surface area contributed by atoms with Crippen LogP contribution in [0.3, 0.4) is 0 Å². The van der Waals surface area contributed by atoms with Gasteiger partial charge < -0.3 is 15.1 Å². The van der Waals surface area contributed by atoms with Gasteiger partial charge in [-0.1, -0.05) is 29.8 Å². The molecule has 6 heteroatoms. The van der Waals surface area contributed by atoms with Gasteiger partial charge in [0.2, 0.25) is 0 Å². The van der Waals surface area contributed by atoms with Gasteiger partial charge >= 0.3 is 6.03 Å². The van der Waals surface area contributed by atoms with Crippen LogP contribution in [0.15, 0.2) is 54.6 Å². The van der Waals surface area contributed by atoms with Crippen molar-refractivity contribution < 1.29 is 9.59 Å². The lowest BCUT2D eigenvalue weighted by Crippen LogP contribution is -2.51. The van der Waals surface area contributed by atoms with Crippen LogP contribution in [0.5, 0.6) is 0 Å². The van der Waals surface area contributed by atoms with Crippen LogP contribution in [0.4, 0.5) is 10.5 Å². The first kappa shape index (κ1) is 16.3. The second-order valence-electron chi connectivity index (χ2n) is 5.58. The predicted octanol–water partition coefficient (Wildman–Crippen LogP) is 3.33. The molecule has 1 aliphatic heterocycles. The summed E-state index contributed by atoms with van der Waals surface area (Å²) in [4.78, 5) is 28.2. The van der Waals surface area contributed by atoms with Crippen molar-refractivity contribution >= 4 is 29.2 Å². The van der Waals surface area contributed by atoms with E-state index in [1.165, 1.54) is 0 Å². The molecule has 3 rings (SSSR count). The molecule has 1 fully saturated rings. The Balaban J connectivity index is 1.54. The second-order valence-corrected chi connectivity index (χ2v) is 6.02. The van der Waals surface area contributed by atoms with E-state index in [4.69, 9.17) is 11.6 Å². The lowest BCUT2D eigenvalue weighted by molar-refractivity contribution is 0.0671. The van der Waals surface area contributed by atoms with E-state index in [0.29, 0.717) is 42.5 Å². The van der Waals surface area contributed by atoms with Gasteiger partial charge in [-0.3, -0.25) is 4.79 Å². The van der Waals surface area contributed by atoms with Gasteiger partial charge in [0.1, 0.15) is 0 Å². The largest absolute Gasteiger partial charge is 0.335 e. The van der Waals surface area contributed by atoms with Crippen molar-refractivity contribution in [2.24, 2.45) is 0 Å². The maximum Gasteiger partial charge on any atom is 0.321 e. The number of carbonyl (C=O) groups excluding carboxylic acids is 2. The summed E-state index contributed by atoms with van der Waals surface area (Å²) >= 11 is 5.83. The predicted molar refractivity (Wildman–Crippen MR) is 94.4 cm³/mol. The van der Waals surface area contributed by atoms with Crippen LogP contribution >= 0.6 is 11.6 Å². The third-order valence-electron chi connectivity index (χ3n) is 3.97. The summed E-state index contributed by atoms with van der Waals surface area (Å²) in [7, 11) is 0. The van der Waals surface area contributed by atoms with Crippen LogP contribution in [0.25, 0.3) is 0 Å². The Hall–Kier alpha value is -2.53. The first-order chi connectivity index (χ1) is 11.6. The van der Waals surface area contributed by atoms with Crippen molar-refractivity contribution in [3.05, 3.63) is 65.2 Å². The van der Waals surface area contributed by atoms with E-state index in [1.54, 1.807) is 34.1 Å². The van der Waals surface area contributed by atoms with Crippen LogP contribution in [-0.2, 0) is 0 Å². The van der Waals surface area contributed by atoms with E-state index in [0.717, 1.165) is 0 Å². The topological polar surface area (TPSA) is 52.7 Å². The number of hydrogen-bond donors (Lipinski definition) is 1. The minimum atomic E-state index is -0.163. The molecule has 0 radical (unpaired) electrons. The van der Waals surface area contributed by atoms with Gasteiger partial charge in [0.25, 0.3) is 5.91 Å². The lowest BCUT2D eigenvalue weighted by Gasteiger charge is -2.34. The van der Waals surface area contributed by atoms with E-state index in [-0.39, 0.29) is 11.9 Å². The van der Waals surface area contributed by atoms with Gasteiger partial charge in [-0.15, -0.1) is 0 Å². The van der Waals surface area contributed by atoms with E-state index >= 15 is 0 Å².